The number of ether oxygens (including phenoxy) is 2. The predicted octanol–water partition coefficient (Wildman–Crippen LogP) is 3.06. The molecule has 0 unspecified atom stereocenters. The lowest BCUT2D eigenvalue weighted by atomic mass is 10.2. The van der Waals surface area contributed by atoms with Crippen molar-refractivity contribution in [3.63, 3.8) is 0 Å². The van der Waals surface area contributed by atoms with E-state index in [1.807, 2.05) is 6.92 Å². The second-order valence-corrected chi connectivity index (χ2v) is 7.01. The Balaban J connectivity index is 1.76. The van der Waals surface area contributed by atoms with Gasteiger partial charge in [0.05, 0.1) is 19.5 Å². The molecule has 1 saturated heterocycles. The Labute approximate surface area is 157 Å². The number of nitrogens with one attached hydrogen (secondary N) is 1. The van der Waals surface area contributed by atoms with Crippen LogP contribution in [0, 0.1) is 0 Å². The van der Waals surface area contributed by atoms with Gasteiger partial charge in [-0.05, 0) is 31.9 Å². The van der Waals surface area contributed by atoms with Gasteiger partial charge in [0.25, 0.3) is 0 Å². The van der Waals surface area contributed by atoms with Gasteiger partial charge in [0.2, 0.25) is 11.8 Å². The van der Waals surface area contributed by atoms with E-state index in [1.165, 1.54) is 11.8 Å². The molecule has 1 aliphatic rings. The summed E-state index contributed by atoms with van der Waals surface area (Å²) in [5, 5.41) is 2.85. The summed E-state index contributed by atoms with van der Waals surface area (Å²) in [5.74, 6) is 1.64. The fourth-order valence-electron chi connectivity index (χ4n) is 2.40. The first-order valence-corrected chi connectivity index (χ1v) is 9.52. The lowest BCUT2D eigenvalue weighted by Crippen LogP contribution is -2.29. The zero-order valence-corrected chi connectivity index (χ0v) is 16.0. The Bertz CT molecular complexity index is 636. The van der Waals surface area contributed by atoms with Crippen LogP contribution in [0.25, 0.3) is 0 Å². The van der Waals surface area contributed by atoms with Gasteiger partial charge in [0.1, 0.15) is 4.32 Å². The molecule has 1 N–H and O–H groups in total. The first-order valence-electron chi connectivity index (χ1n) is 8.13. The maximum atomic E-state index is 12.1. The molecule has 1 aromatic carbocycles. The van der Waals surface area contributed by atoms with Gasteiger partial charge >= 0.3 is 0 Å². The van der Waals surface area contributed by atoms with Crippen molar-refractivity contribution in [1.29, 1.82) is 0 Å². The highest BCUT2D eigenvalue weighted by atomic mass is 32.2. The van der Waals surface area contributed by atoms with E-state index in [9.17, 15) is 9.59 Å². The largest absolute Gasteiger partial charge is 0.493 e. The Morgan fingerprint density at radius 2 is 2.16 bits per heavy atom. The Kier molecular flexibility index (Phi) is 7.52. The highest BCUT2D eigenvalue weighted by molar-refractivity contribution is 8.23. The topological polar surface area (TPSA) is 67.9 Å². The van der Waals surface area contributed by atoms with Crippen molar-refractivity contribution in [3.8, 4) is 11.5 Å². The quantitative estimate of drug-likeness (QED) is 0.523. The van der Waals surface area contributed by atoms with Crippen LogP contribution < -0.4 is 14.8 Å². The zero-order valence-electron chi connectivity index (χ0n) is 14.4. The average Bonchev–Trinajstić information content (AvgIpc) is 2.91. The third-order valence-electron chi connectivity index (χ3n) is 3.62. The van der Waals surface area contributed by atoms with E-state index in [4.69, 9.17) is 21.7 Å². The molecule has 1 fully saturated rings. The Morgan fingerprint density at radius 3 is 2.80 bits per heavy atom. The molecule has 0 saturated carbocycles. The standard InChI is InChI=1S/C17H22N2O4S2/c1-3-23-13-8-7-12(10-14(13)22-2)18-15(20)6-4-5-9-19-16(21)11-25-17(19)24/h7-8,10H,3-6,9,11H2,1-2H3,(H,18,20). The van der Waals surface area contributed by atoms with Crippen molar-refractivity contribution in [1.82, 2.24) is 4.90 Å². The molecule has 0 radical (unpaired) electrons. The maximum absolute atomic E-state index is 12.1. The van der Waals surface area contributed by atoms with Gasteiger partial charge in [-0.3, -0.25) is 14.5 Å². The summed E-state index contributed by atoms with van der Waals surface area (Å²) in [5.41, 5.74) is 0.664. The molecule has 2 rings (SSSR count). The number of rotatable bonds is 9. The summed E-state index contributed by atoms with van der Waals surface area (Å²) in [7, 11) is 1.56. The molecular formula is C17H22N2O4S2. The van der Waals surface area contributed by atoms with E-state index < -0.39 is 0 Å². The van der Waals surface area contributed by atoms with Crippen LogP contribution in [0.2, 0.25) is 0 Å². The van der Waals surface area contributed by atoms with Gasteiger partial charge in [0, 0.05) is 24.7 Å². The fourth-order valence-corrected chi connectivity index (χ4v) is 3.52. The highest BCUT2D eigenvalue weighted by Gasteiger charge is 2.25. The van der Waals surface area contributed by atoms with Gasteiger partial charge < -0.3 is 14.8 Å². The number of thiocarbonyl (C=S) groups is 1. The predicted molar refractivity (Wildman–Crippen MR) is 103 cm³/mol. The second-order valence-electron chi connectivity index (χ2n) is 5.40. The van der Waals surface area contributed by atoms with Crippen LogP contribution in [-0.4, -0.2) is 47.0 Å². The number of unbranched alkanes of at least 4 members (excludes halogenated alkanes) is 1. The number of thioether (sulfide) groups is 1. The van der Waals surface area contributed by atoms with Crippen LogP contribution in [0.15, 0.2) is 18.2 Å². The van der Waals surface area contributed by atoms with E-state index in [0.717, 1.165) is 6.42 Å². The van der Waals surface area contributed by atoms with Crippen LogP contribution in [0.3, 0.4) is 0 Å². The summed E-state index contributed by atoms with van der Waals surface area (Å²) in [6, 6.07) is 5.29. The summed E-state index contributed by atoms with van der Waals surface area (Å²) >= 11 is 6.52. The normalized spacial score (nSPS) is 13.9. The fraction of sp³-hybridized carbons (Fsp3) is 0.471. The summed E-state index contributed by atoms with van der Waals surface area (Å²) in [6.45, 7) is 3.02. The molecular weight excluding hydrogens is 360 g/mol. The summed E-state index contributed by atoms with van der Waals surface area (Å²) in [4.78, 5) is 25.3. The first-order chi connectivity index (χ1) is 12.0. The van der Waals surface area contributed by atoms with E-state index in [1.54, 1.807) is 30.2 Å². The van der Waals surface area contributed by atoms with E-state index in [0.29, 0.717) is 53.3 Å². The molecule has 8 heteroatoms. The molecule has 6 nitrogen and oxygen atoms in total. The van der Waals surface area contributed by atoms with Gasteiger partial charge in [-0.15, -0.1) is 0 Å². The minimum Gasteiger partial charge on any atom is -0.493 e. The number of hydrogen-bond acceptors (Lipinski definition) is 6. The number of hydrogen-bond donors (Lipinski definition) is 1. The molecule has 0 aromatic heterocycles. The number of carbonyl (C=O) groups excluding carboxylic acids is 2. The molecule has 0 atom stereocenters. The van der Waals surface area contributed by atoms with Gasteiger partial charge in [0.15, 0.2) is 11.5 Å². The number of anilines is 1. The SMILES string of the molecule is CCOc1ccc(NC(=O)CCCCN2C(=O)CSC2=S)cc1OC. The molecule has 0 aliphatic carbocycles. The van der Waals surface area contributed by atoms with Crippen LogP contribution in [-0.2, 0) is 9.59 Å². The maximum Gasteiger partial charge on any atom is 0.238 e. The number of nitrogens with zero attached hydrogens (tertiary/aromatic N) is 1. The van der Waals surface area contributed by atoms with E-state index in [-0.39, 0.29) is 11.8 Å². The van der Waals surface area contributed by atoms with Crippen molar-refractivity contribution < 1.29 is 19.1 Å². The second kappa shape index (κ2) is 9.62. The monoisotopic (exact) mass is 382 g/mol. The zero-order chi connectivity index (χ0) is 18.2. The third kappa shape index (κ3) is 5.61. The smallest absolute Gasteiger partial charge is 0.238 e. The molecule has 1 aromatic rings. The van der Waals surface area contributed by atoms with Crippen LogP contribution in [0.5, 0.6) is 11.5 Å². The highest BCUT2D eigenvalue weighted by Crippen LogP contribution is 2.30. The summed E-state index contributed by atoms with van der Waals surface area (Å²) < 4.78 is 11.4. The molecule has 0 bridgehead atoms. The molecule has 2 amide bonds. The minimum absolute atomic E-state index is 0.0564. The Morgan fingerprint density at radius 1 is 1.36 bits per heavy atom. The van der Waals surface area contributed by atoms with E-state index >= 15 is 0 Å². The van der Waals surface area contributed by atoms with E-state index in [2.05, 4.69) is 5.32 Å². The molecule has 1 aliphatic heterocycles. The lowest BCUT2D eigenvalue weighted by Gasteiger charge is -2.14. The molecule has 25 heavy (non-hydrogen) atoms. The van der Waals surface area contributed by atoms with Crippen LogP contribution in [0.4, 0.5) is 5.69 Å². The van der Waals surface area contributed by atoms with Crippen molar-refractivity contribution in [2.24, 2.45) is 0 Å². The first kappa shape index (κ1) is 19.5. The van der Waals surface area contributed by atoms with Gasteiger partial charge in [-0.25, -0.2) is 0 Å². The molecule has 1 heterocycles. The van der Waals surface area contributed by atoms with Gasteiger partial charge in [-0.2, -0.15) is 0 Å². The summed E-state index contributed by atoms with van der Waals surface area (Å²) in [6.07, 6.45) is 1.82. The van der Waals surface area contributed by atoms with Crippen molar-refractivity contribution in [2.75, 3.05) is 31.3 Å². The number of benzene rings is 1. The number of methoxy groups -OCH3 is 1. The minimum atomic E-state index is -0.0732. The average molecular weight is 383 g/mol. The van der Waals surface area contributed by atoms with Crippen LogP contribution >= 0.6 is 24.0 Å². The van der Waals surface area contributed by atoms with Crippen molar-refractivity contribution in [2.45, 2.75) is 26.2 Å². The molecule has 0 spiro atoms. The van der Waals surface area contributed by atoms with Crippen LogP contribution in [0.1, 0.15) is 26.2 Å². The Hall–Kier alpha value is -1.80. The van der Waals surface area contributed by atoms with Crippen molar-refractivity contribution >= 4 is 45.8 Å². The number of carbonyl (C=O) groups is 2. The van der Waals surface area contributed by atoms with Gasteiger partial charge in [-0.1, -0.05) is 24.0 Å². The number of amides is 2. The van der Waals surface area contributed by atoms with Crippen molar-refractivity contribution in [3.05, 3.63) is 18.2 Å². The molecule has 136 valence electrons. The third-order valence-corrected chi connectivity index (χ3v) is 5.06. The lowest BCUT2D eigenvalue weighted by molar-refractivity contribution is -0.124.